The van der Waals surface area contributed by atoms with Gasteiger partial charge in [-0.2, -0.15) is 0 Å². The second-order valence-corrected chi connectivity index (χ2v) is 10.0. The summed E-state index contributed by atoms with van der Waals surface area (Å²) in [6, 6.07) is 17.0. The summed E-state index contributed by atoms with van der Waals surface area (Å²) in [5, 5.41) is 11.4. The first-order chi connectivity index (χ1) is 15.8. The lowest BCUT2D eigenvalue weighted by molar-refractivity contribution is -0.118. The smallest absolute Gasteiger partial charge is 0.261 e. The van der Waals surface area contributed by atoms with E-state index in [1.165, 1.54) is 25.0 Å². The van der Waals surface area contributed by atoms with Crippen molar-refractivity contribution in [2.75, 3.05) is 28.0 Å². The second-order valence-electron chi connectivity index (χ2n) is 8.32. The van der Waals surface area contributed by atoms with Crippen molar-refractivity contribution in [3.05, 3.63) is 60.7 Å². The summed E-state index contributed by atoms with van der Waals surface area (Å²) in [5.74, 6) is 0.599. The molecule has 2 heterocycles. The van der Waals surface area contributed by atoms with E-state index in [-0.39, 0.29) is 16.7 Å². The van der Waals surface area contributed by atoms with Crippen LogP contribution in [0.5, 0.6) is 0 Å². The molecule has 33 heavy (non-hydrogen) atoms. The van der Waals surface area contributed by atoms with Crippen LogP contribution >= 0.6 is 0 Å². The van der Waals surface area contributed by atoms with Gasteiger partial charge in [0.25, 0.3) is 10.0 Å². The number of nitrogens with zero attached hydrogens (tertiary/aromatic N) is 3. The van der Waals surface area contributed by atoms with Crippen LogP contribution in [0.2, 0.25) is 0 Å². The van der Waals surface area contributed by atoms with Crippen molar-refractivity contribution in [3.8, 4) is 11.3 Å². The third-order valence-electron chi connectivity index (χ3n) is 5.47. The second kappa shape index (κ2) is 9.58. The zero-order chi connectivity index (χ0) is 23.4. The Balaban J connectivity index is 1.42. The molecule has 0 radical (unpaired) electrons. The highest BCUT2D eigenvalue weighted by molar-refractivity contribution is 7.92. The molecule has 1 aromatic heterocycles. The minimum atomic E-state index is -3.76. The van der Waals surface area contributed by atoms with E-state index in [0.29, 0.717) is 11.4 Å². The van der Waals surface area contributed by atoms with Gasteiger partial charge in [-0.1, -0.05) is 26.0 Å². The van der Waals surface area contributed by atoms with Crippen molar-refractivity contribution in [3.63, 3.8) is 0 Å². The SMILES string of the molecule is CC(C)C(=O)Nc1ccc(S(=O)(=O)Nc2ccc(-c3ccc(N4CCCC4)nn3)cc2)cc1. The van der Waals surface area contributed by atoms with Gasteiger partial charge in [-0.05, 0) is 61.4 Å². The Bertz CT molecular complexity index is 1200. The highest BCUT2D eigenvalue weighted by Gasteiger charge is 2.16. The van der Waals surface area contributed by atoms with E-state index in [9.17, 15) is 13.2 Å². The number of hydrogen-bond donors (Lipinski definition) is 2. The van der Waals surface area contributed by atoms with Gasteiger partial charge in [-0.25, -0.2) is 8.42 Å². The summed E-state index contributed by atoms with van der Waals surface area (Å²) in [5.41, 5.74) is 2.57. The number of amides is 1. The molecule has 1 aliphatic heterocycles. The molecule has 0 aliphatic carbocycles. The third kappa shape index (κ3) is 5.48. The Morgan fingerprint density at radius 1 is 0.879 bits per heavy atom. The Morgan fingerprint density at radius 2 is 1.52 bits per heavy atom. The molecule has 0 unspecified atom stereocenters. The topological polar surface area (TPSA) is 104 Å². The van der Waals surface area contributed by atoms with Crippen molar-refractivity contribution in [1.29, 1.82) is 0 Å². The number of benzene rings is 2. The van der Waals surface area contributed by atoms with E-state index in [0.717, 1.165) is 30.2 Å². The van der Waals surface area contributed by atoms with Gasteiger partial charge in [0.05, 0.1) is 10.6 Å². The number of sulfonamides is 1. The lowest BCUT2D eigenvalue weighted by Gasteiger charge is -2.15. The average Bonchev–Trinajstić information content (AvgIpc) is 3.35. The van der Waals surface area contributed by atoms with Gasteiger partial charge < -0.3 is 10.2 Å². The van der Waals surface area contributed by atoms with Gasteiger partial charge >= 0.3 is 0 Å². The summed E-state index contributed by atoms with van der Waals surface area (Å²) >= 11 is 0. The molecule has 1 aliphatic rings. The first kappa shape index (κ1) is 22.7. The van der Waals surface area contributed by atoms with Crippen LogP contribution in [0.4, 0.5) is 17.2 Å². The van der Waals surface area contributed by atoms with Crippen molar-refractivity contribution >= 4 is 33.1 Å². The number of hydrogen-bond acceptors (Lipinski definition) is 6. The molecule has 2 aromatic carbocycles. The lowest BCUT2D eigenvalue weighted by Crippen LogP contribution is -2.19. The summed E-state index contributed by atoms with van der Waals surface area (Å²) in [7, 11) is -3.76. The lowest BCUT2D eigenvalue weighted by atomic mass is 10.1. The van der Waals surface area contributed by atoms with Crippen LogP contribution < -0.4 is 14.9 Å². The molecule has 8 nitrogen and oxygen atoms in total. The fraction of sp³-hybridized carbons (Fsp3) is 0.292. The highest BCUT2D eigenvalue weighted by atomic mass is 32.2. The van der Waals surface area contributed by atoms with Crippen LogP contribution in [0.15, 0.2) is 65.6 Å². The molecule has 1 saturated heterocycles. The molecule has 1 fully saturated rings. The molecule has 0 spiro atoms. The van der Waals surface area contributed by atoms with Crippen LogP contribution in [0.25, 0.3) is 11.3 Å². The molecule has 2 N–H and O–H groups in total. The summed E-state index contributed by atoms with van der Waals surface area (Å²) in [6.07, 6.45) is 2.36. The fourth-order valence-electron chi connectivity index (χ4n) is 3.52. The molecule has 4 rings (SSSR count). The molecule has 0 bridgehead atoms. The Labute approximate surface area is 194 Å². The van der Waals surface area contributed by atoms with Crippen molar-refractivity contribution in [2.24, 2.45) is 5.92 Å². The quantitative estimate of drug-likeness (QED) is 0.543. The molecule has 9 heteroatoms. The maximum absolute atomic E-state index is 12.7. The van der Waals surface area contributed by atoms with Crippen LogP contribution in [0.3, 0.4) is 0 Å². The van der Waals surface area contributed by atoms with Crippen LogP contribution in [0.1, 0.15) is 26.7 Å². The van der Waals surface area contributed by atoms with Gasteiger partial charge in [-0.15, -0.1) is 10.2 Å². The standard InChI is InChI=1S/C24H27N5O3S/c1-17(2)24(30)25-19-9-11-21(12-10-19)33(31,32)28-20-7-5-18(6-8-20)22-13-14-23(27-26-22)29-15-3-4-16-29/h5-14,17,28H,3-4,15-16H2,1-2H3,(H,25,30). The predicted molar refractivity (Wildman–Crippen MR) is 130 cm³/mol. The van der Waals surface area contributed by atoms with E-state index >= 15 is 0 Å². The van der Waals surface area contributed by atoms with Crippen molar-refractivity contribution in [2.45, 2.75) is 31.6 Å². The zero-order valence-electron chi connectivity index (χ0n) is 18.7. The van der Waals surface area contributed by atoms with Crippen molar-refractivity contribution < 1.29 is 13.2 Å². The number of rotatable bonds is 7. The first-order valence-electron chi connectivity index (χ1n) is 10.9. The molecule has 0 saturated carbocycles. The van der Waals surface area contributed by atoms with Crippen molar-refractivity contribution in [1.82, 2.24) is 10.2 Å². The largest absolute Gasteiger partial charge is 0.355 e. The predicted octanol–water partition coefficient (Wildman–Crippen LogP) is 4.14. The molecule has 172 valence electrons. The fourth-order valence-corrected chi connectivity index (χ4v) is 4.58. The summed E-state index contributed by atoms with van der Waals surface area (Å²) in [4.78, 5) is 14.1. The van der Waals surface area contributed by atoms with Gasteiger partial charge in [0, 0.05) is 35.9 Å². The number of anilines is 3. The first-order valence-corrected chi connectivity index (χ1v) is 12.4. The van der Waals surface area contributed by atoms with E-state index in [4.69, 9.17) is 0 Å². The van der Waals surface area contributed by atoms with Gasteiger partial charge in [0.1, 0.15) is 0 Å². The van der Waals surface area contributed by atoms with Gasteiger partial charge in [0.2, 0.25) is 5.91 Å². The number of carbonyl (C=O) groups excluding carboxylic acids is 1. The average molecular weight is 466 g/mol. The summed E-state index contributed by atoms with van der Waals surface area (Å²) < 4.78 is 28.1. The normalized spacial score (nSPS) is 13.8. The molecule has 0 atom stereocenters. The summed E-state index contributed by atoms with van der Waals surface area (Å²) in [6.45, 7) is 5.61. The van der Waals surface area contributed by atoms with Crippen LogP contribution in [0, 0.1) is 5.92 Å². The molecular weight excluding hydrogens is 438 g/mol. The Morgan fingerprint density at radius 3 is 2.09 bits per heavy atom. The van der Waals surface area contributed by atoms with E-state index < -0.39 is 10.0 Å². The highest BCUT2D eigenvalue weighted by Crippen LogP contribution is 2.24. The van der Waals surface area contributed by atoms with Gasteiger partial charge in [-0.3, -0.25) is 9.52 Å². The zero-order valence-corrected chi connectivity index (χ0v) is 19.5. The maximum Gasteiger partial charge on any atom is 0.261 e. The van der Waals surface area contributed by atoms with Gasteiger partial charge in [0.15, 0.2) is 5.82 Å². The molecule has 1 amide bonds. The van der Waals surface area contributed by atoms with E-state index in [1.807, 2.05) is 24.3 Å². The number of nitrogens with one attached hydrogen (secondary N) is 2. The van der Waals surface area contributed by atoms with E-state index in [2.05, 4.69) is 25.1 Å². The van der Waals surface area contributed by atoms with Crippen LogP contribution in [-0.4, -0.2) is 37.6 Å². The molecular formula is C24H27N5O3S. The molecule has 3 aromatic rings. The third-order valence-corrected chi connectivity index (χ3v) is 6.87. The Hall–Kier alpha value is -3.46. The number of aromatic nitrogens is 2. The maximum atomic E-state index is 12.7. The Kier molecular flexibility index (Phi) is 6.60. The number of carbonyl (C=O) groups is 1. The minimum Gasteiger partial charge on any atom is -0.355 e. The minimum absolute atomic E-state index is 0.109. The monoisotopic (exact) mass is 465 g/mol. The van der Waals surface area contributed by atoms with E-state index in [1.54, 1.807) is 38.1 Å². The van der Waals surface area contributed by atoms with Crippen LogP contribution in [-0.2, 0) is 14.8 Å².